The van der Waals surface area contributed by atoms with E-state index >= 15 is 0 Å². The minimum Gasteiger partial charge on any atom is -0.486 e. The van der Waals surface area contributed by atoms with Crippen molar-refractivity contribution in [3.8, 4) is 22.5 Å². The molecule has 7 rings (SSSR count). The number of aryl methyl sites for hydroxylation is 1. The zero-order valence-corrected chi connectivity index (χ0v) is 35.3. The molecule has 4 aromatic heterocycles. The van der Waals surface area contributed by atoms with Gasteiger partial charge in [-0.2, -0.15) is 0 Å². The first kappa shape index (κ1) is 38.8. The molecule has 0 amide bonds. The SMILES string of the molecule is CC(C)Cc1cc(-c2[c-]ccc(C(C)(C)C)c2)ncc1[Si](C)(C)C.Cc1ccc2c(n1)oc1c(-c3cc(C4CCCCC4)ccn3)[c-]ccc12.[Ir]. The predicted molar refractivity (Wildman–Crippen MR) is 213 cm³/mol. The second-order valence-corrected chi connectivity index (χ2v) is 21.7. The summed E-state index contributed by atoms with van der Waals surface area (Å²) in [6, 6.07) is 28.0. The maximum Gasteiger partial charge on any atom is 0.216 e. The molecule has 4 heterocycles. The van der Waals surface area contributed by atoms with Crippen LogP contribution in [0.1, 0.15) is 95.0 Å². The van der Waals surface area contributed by atoms with Gasteiger partial charge >= 0.3 is 0 Å². The van der Waals surface area contributed by atoms with Gasteiger partial charge in [0.15, 0.2) is 0 Å². The molecule has 1 aliphatic rings. The second kappa shape index (κ2) is 16.1. The van der Waals surface area contributed by atoms with Gasteiger partial charge in [-0.15, -0.1) is 53.6 Å². The fourth-order valence-corrected chi connectivity index (χ4v) is 8.78. The molecule has 6 aromatic rings. The van der Waals surface area contributed by atoms with Gasteiger partial charge in [0.25, 0.3) is 0 Å². The Kier molecular flexibility index (Phi) is 12.2. The minimum absolute atomic E-state index is 0. The molecule has 4 nitrogen and oxygen atoms in total. The van der Waals surface area contributed by atoms with Gasteiger partial charge in [-0.05, 0) is 78.2 Å². The average molecular weight is 872 g/mol. The van der Waals surface area contributed by atoms with Crippen LogP contribution in [0.5, 0.6) is 0 Å². The Morgan fingerprint density at radius 3 is 2.31 bits per heavy atom. The van der Waals surface area contributed by atoms with Crippen molar-refractivity contribution in [2.45, 2.75) is 111 Å². The third kappa shape index (κ3) is 9.14. The van der Waals surface area contributed by atoms with E-state index in [1.807, 2.05) is 37.4 Å². The topological polar surface area (TPSA) is 51.8 Å². The normalized spacial score (nSPS) is 14.0. The Balaban J connectivity index is 0.000000195. The maximum atomic E-state index is 6.12. The molecule has 0 unspecified atom stereocenters. The number of pyridine rings is 3. The summed E-state index contributed by atoms with van der Waals surface area (Å²) in [5.74, 6) is 1.31. The Morgan fingerprint density at radius 1 is 0.863 bits per heavy atom. The number of furan rings is 1. The van der Waals surface area contributed by atoms with Crippen molar-refractivity contribution in [2.24, 2.45) is 5.92 Å². The summed E-state index contributed by atoms with van der Waals surface area (Å²) < 4.78 is 6.12. The van der Waals surface area contributed by atoms with E-state index in [0.717, 1.165) is 51.0 Å². The zero-order chi connectivity index (χ0) is 35.6. The summed E-state index contributed by atoms with van der Waals surface area (Å²) in [6.07, 6.45) is 11.8. The molecule has 51 heavy (non-hydrogen) atoms. The number of nitrogens with zero attached hydrogens (tertiary/aromatic N) is 3. The predicted octanol–water partition coefficient (Wildman–Crippen LogP) is 11.8. The van der Waals surface area contributed by atoms with Gasteiger partial charge in [-0.25, -0.2) is 4.98 Å². The maximum absolute atomic E-state index is 6.12. The van der Waals surface area contributed by atoms with Crippen molar-refractivity contribution < 1.29 is 24.5 Å². The number of hydrogen-bond acceptors (Lipinski definition) is 4. The number of hydrogen-bond donors (Lipinski definition) is 0. The van der Waals surface area contributed by atoms with Crippen LogP contribution < -0.4 is 5.19 Å². The molecule has 0 bridgehead atoms. The Bertz CT molecular complexity index is 2100. The molecular formula is C45H53IrN3OSi-2. The molecule has 1 fully saturated rings. The summed E-state index contributed by atoms with van der Waals surface area (Å²) in [5, 5.41) is 3.61. The first-order chi connectivity index (χ1) is 23.8. The van der Waals surface area contributed by atoms with E-state index in [9.17, 15) is 0 Å². The molecule has 0 saturated heterocycles. The summed E-state index contributed by atoms with van der Waals surface area (Å²) >= 11 is 0. The second-order valence-electron chi connectivity index (χ2n) is 16.6. The van der Waals surface area contributed by atoms with Gasteiger partial charge < -0.3 is 14.4 Å². The standard InChI is InChI=1S/C23H21N2O.C22H32NSi.Ir/c1-15-10-11-19-18-8-5-9-20(22(18)26-23(19)25-15)21-14-17(12-13-24-21)16-6-3-2-4-7-16;1-16(2)12-18-14-20(23-15-21(18)24(6,7)8)17-10-9-11-19(13-17)22(3,4)5;/h5,8,10-14,16H,2-4,6-7H2,1H3;9,11,13-16H,12H2,1-8H3;/q2*-1;. The molecule has 1 saturated carbocycles. The summed E-state index contributed by atoms with van der Waals surface area (Å²) in [4.78, 5) is 14.0. The molecule has 0 N–H and O–H groups in total. The fraction of sp³-hybridized carbons (Fsp3) is 0.400. The summed E-state index contributed by atoms with van der Waals surface area (Å²) in [5.41, 5.74) is 10.8. The largest absolute Gasteiger partial charge is 0.486 e. The van der Waals surface area contributed by atoms with Gasteiger partial charge in [-0.3, -0.25) is 0 Å². The van der Waals surface area contributed by atoms with Crippen LogP contribution in [0.4, 0.5) is 0 Å². The molecule has 1 aliphatic carbocycles. The first-order valence-corrected chi connectivity index (χ1v) is 22.0. The van der Waals surface area contributed by atoms with Crippen molar-refractivity contribution in [3.63, 3.8) is 0 Å². The Hall–Kier alpha value is -3.44. The van der Waals surface area contributed by atoms with Crippen LogP contribution in [0, 0.1) is 25.0 Å². The summed E-state index contributed by atoms with van der Waals surface area (Å²) in [7, 11) is -1.38. The molecule has 0 atom stereocenters. The molecule has 0 aliphatic heterocycles. The quantitative estimate of drug-likeness (QED) is 0.124. The van der Waals surface area contributed by atoms with Crippen LogP contribution in [0.15, 0.2) is 77.5 Å². The molecule has 269 valence electrons. The summed E-state index contributed by atoms with van der Waals surface area (Å²) in [6.45, 7) is 20.5. The van der Waals surface area contributed by atoms with E-state index in [1.54, 1.807) is 0 Å². The van der Waals surface area contributed by atoms with E-state index in [0.29, 0.717) is 17.5 Å². The van der Waals surface area contributed by atoms with E-state index in [1.165, 1.54) is 54.0 Å². The van der Waals surface area contributed by atoms with Crippen molar-refractivity contribution in [1.29, 1.82) is 0 Å². The number of aromatic nitrogens is 3. The molecule has 0 spiro atoms. The molecule has 2 aromatic carbocycles. The van der Waals surface area contributed by atoms with E-state index in [4.69, 9.17) is 9.40 Å². The monoisotopic (exact) mass is 872 g/mol. The third-order valence-electron chi connectivity index (χ3n) is 9.92. The zero-order valence-electron chi connectivity index (χ0n) is 31.9. The van der Waals surface area contributed by atoms with Crippen LogP contribution in [0.25, 0.3) is 44.6 Å². The fourth-order valence-electron chi connectivity index (χ4n) is 7.19. The van der Waals surface area contributed by atoms with Crippen LogP contribution in [0.3, 0.4) is 0 Å². The van der Waals surface area contributed by atoms with Gasteiger partial charge in [0, 0.05) is 43.6 Å². The third-order valence-corrected chi connectivity index (χ3v) is 12.0. The smallest absolute Gasteiger partial charge is 0.216 e. The minimum atomic E-state index is -1.38. The van der Waals surface area contributed by atoms with Gasteiger partial charge in [0.05, 0.1) is 13.7 Å². The molecule has 6 heteroatoms. The Morgan fingerprint density at radius 2 is 1.61 bits per heavy atom. The van der Waals surface area contributed by atoms with Crippen LogP contribution >= 0.6 is 0 Å². The Labute approximate surface area is 320 Å². The van der Waals surface area contributed by atoms with Crippen molar-refractivity contribution in [1.82, 2.24) is 15.0 Å². The molecule has 1 radical (unpaired) electrons. The van der Waals surface area contributed by atoms with Crippen molar-refractivity contribution in [3.05, 3.63) is 108 Å². The first-order valence-electron chi connectivity index (χ1n) is 18.5. The van der Waals surface area contributed by atoms with Crippen LogP contribution in [-0.4, -0.2) is 23.0 Å². The van der Waals surface area contributed by atoms with E-state index < -0.39 is 8.07 Å². The van der Waals surface area contributed by atoms with E-state index in [2.05, 4.69) is 119 Å². The number of benzene rings is 2. The van der Waals surface area contributed by atoms with Gasteiger partial charge in [-0.1, -0.05) is 108 Å². The number of rotatable bonds is 6. The van der Waals surface area contributed by atoms with E-state index in [-0.39, 0.29) is 25.5 Å². The molecular weight excluding hydrogens is 819 g/mol. The number of fused-ring (bicyclic) bond motifs is 3. The van der Waals surface area contributed by atoms with Gasteiger partial charge in [0.1, 0.15) is 0 Å². The van der Waals surface area contributed by atoms with Crippen molar-refractivity contribution in [2.75, 3.05) is 0 Å². The van der Waals surface area contributed by atoms with Crippen molar-refractivity contribution >= 4 is 35.3 Å². The van der Waals surface area contributed by atoms with Crippen LogP contribution in [0.2, 0.25) is 19.6 Å². The van der Waals surface area contributed by atoms with Crippen LogP contribution in [-0.2, 0) is 31.9 Å². The average Bonchev–Trinajstić information content (AvgIpc) is 3.46. The van der Waals surface area contributed by atoms with Gasteiger partial charge in [0.2, 0.25) is 5.71 Å².